The fraction of sp³-hybridized carbons (Fsp3) is 0.625. The van der Waals surface area contributed by atoms with Crippen molar-refractivity contribution in [3.8, 4) is 11.5 Å². The van der Waals surface area contributed by atoms with E-state index in [1.807, 2.05) is 25.1 Å². The highest BCUT2D eigenvalue weighted by Crippen LogP contribution is 2.28. The smallest absolute Gasteiger partial charge is 0.161 e. The lowest BCUT2D eigenvalue weighted by molar-refractivity contribution is 0.159. The summed E-state index contributed by atoms with van der Waals surface area (Å²) in [6, 6.07) is 6.34. The summed E-state index contributed by atoms with van der Waals surface area (Å²) in [6.45, 7) is 7.43. The SMILES string of the molecule is CCNC(COc1ccc(C)cc1OC)C1CCOC1. The Hall–Kier alpha value is -1.26. The van der Waals surface area contributed by atoms with Gasteiger partial charge in [-0.3, -0.25) is 0 Å². The average molecular weight is 279 g/mol. The Bertz CT molecular complexity index is 416. The quantitative estimate of drug-likeness (QED) is 0.832. The summed E-state index contributed by atoms with van der Waals surface area (Å²) in [5.41, 5.74) is 1.17. The lowest BCUT2D eigenvalue weighted by atomic mass is 10.00. The molecule has 1 aromatic rings. The van der Waals surface area contributed by atoms with Crippen molar-refractivity contribution in [3.63, 3.8) is 0 Å². The van der Waals surface area contributed by atoms with E-state index in [1.54, 1.807) is 7.11 Å². The fourth-order valence-electron chi connectivity index (χ4n) is 2.57. The van der Waals surface area contributed by atoms with E-state index in [4.69, 9.17) is 14.2 Å². The number of nitrogens with one attached hydrogen (secondary N) is 1. The van der Waals surface area contributed by atoms with Gasteiger partial charge < -0.3 is 19.5 Å². The van der Waals surface area contributed by atoms with Crippen molar-refractivity contribution < 1.29 is 14.2 Å². The van der Waals surface area contributed by atoms with Gasteiger partial charge in [0.15, 0.2) is 11.5 Å². The molecule has 2 unspecified atom stereocenters. The molecule has 0 spiro atoms. The van der Waals surface area contributed by atoms with Crippen molar-refractivity contribution in [1.82, 2.24) is 5.32 Å². The van der Waals surface area contributed by atoms with Gasteiger partial charge in [0.1, 0.15) is 6.61 Å². The topological polar surface area (TPSA) is 39.7 Å². The predicted molar refractivity (Wildman–Crippen MR) is 79.6 cm³/mol. The molecule has 0 aliphatic carbocycles. The molecule has 1 fully saturated rings. The first-order valence-corrected chi connectivity index (χ1v) is 7.33. The van der Waals surface area contributed by atoms with E-state index in [2.05, 4.69) is 12.2 Å². The maximum Gasteiger partial charge on any atom is 0.161 e. The number of rotatable bonds is 7. The second kappa shape index (κ2) is 7.50. The van der Waals surface area contributed by atoms with Crippen LogP contribution in [0.4, 0.5) is 0 Å². The minimum atomic E-state index is 0.327. The summed E-state index contributed by atoms with van der Waals surface area (Å²) >= 11 is 0. The minimum absolute atomic E-state index is 0.327. The zero-order valence-electron chi connectivity index (χ0n) is 12.6. The van der Waals surface area contributed by atoms with Crippen LogP contribution in [0.5, 0.6) is 11.5 Å². The summed E-state index contributed by atoms with van der Waals surface area (Å²) < 4.78 is 16.8. The number of hydrogen-bond acceptors (Lipinski definition) is 4. The average Bonchev–Trinajstić information content (AvgIpc) is 2.98. The third kappa shape index (κ3) is 3.87. The normalized spacial score (nSPS) is 19.9. The molecular formula is C16H25NO3. The second-order valence-electron chi connectivity index (χ2n) is 5.25. The summed E-state index contributed by atoms with van der Waals surface area (Å²) in [7, 11) is 1.67. The van der Waals surface area contributed by atoms with Gasteiger partial charge in [0.2, 0.25) is 0 Å². The molecule has 0 radical (unpaired) electrons. The number of likely N-dealkylation sites (N-methyl/N-ethyl adjacent to an activating group) is 1. The molecule has 1 N–H and O–H groups in total. The molecule has 2 rings (SSSR count). The molecule has 0 aromatic heterocycles. The monoisotopic (exact) mass is 279 g/mol. The molecule has 1 saturated heterocycles. The molecule has 112 valence electrons. The summed E-state index contributed by atoms with van der Waals surface area (Å²) in [5, 5.41) is 3.50. The maximum atomic E-state index is 5.97. The van der Waals surface area contributed by atoms with E-state index in [0.29, 0.717) is 18.6 Å². The molecule has 0 saturated carbocycles. The van der Waals surface area contributed by atoms with Crippen LogP contribution in [0.2, 0.25) is 0 Å². The fourth-order valence-corrected chi connectivity index (χ4v) is 2.57. The van der Waals surface area contributed by atoms with Crippen molar-refractivity contribution in [3.05, 3.63) is 23.8 Å². The number of methoxy groups -OCH3 is 1. The van der Waals surface area contributed by atoms with Crippen molar-refractivity contribution >= 4 is 0 Å². The van der Waals surface area contributed by atoms with E-state index < -0.39 is 0 Å². The van der Waals surface area contributed by atoms with Crippen LogP contribution in [0, 0.1) is 12.8 Å². The molecule has 1 heterocycles. The van der Waals surface area contributed by atoms with Crippen LogP contribution in [0.25, 0.3) is 0 Å². The molecule has 20 heavy (non-hydrogen) atoms. The van der Waals surface area contributed by atoms with Gasteiger partial charge >= 0.3 is 0 Å². The van der Waals surface area contributed by atoms with Gasteiger partial charge in [-0.05, 0) is 37.6 Å². The Balaban J connectivity index is 1.97. The molecule has 4 nitrogen and oxygen atoms in total. The van der Waals surface area contributed by atoms with Gasteiger partial charge in [0.05, 0.1) is 13.7 Å². The van der Waals surface area contributed by atoms with Crippen LogP contribution in [0.15, 0.2) is 18.2 Å². The highest BCUT2D eigenvalue weighted by molar-refractivity contribution is 5.42. The van der Waals surface area contributed by atoms with Crippen LogP contribution in [-0.4, -0.2) is 39.5 Å². The summed E-state index contributed by atoms with van der Waals surface area (Å²) in [4.78, 5) is 0. The first-order chi connectivity index (χ1) is 9.74. The Morgan fingerprint density at radius 3 is 2.90 bits per heavy atom. The van der Waals surface area contributed by atoms with Gasteiger partial charge in [0, 0.05) is 18.6 Å². The van der Waals surface area contributed by atoms with Crippen molar-refractivity contribution in [1.29, 1.82) is 0 Å². The van der Waals surface area contributed by atoms with E-state index in [1.165, 1.54) is 5.56 Å². The highest BCUT2D eigenvalue weighted by atomic mass is 16.5. The van der Waals surface area contributed by atoms with Crippen molar-refractivity contribution in [2.75, 3.05) is 33.5 Å². The highest BCUT2D eigenvalue weighted by Gasteiger charge is 2.25. The Labute approximate surface area is 121 Å². The van der Waals surface area contributed by atoms with Gasteiger partial charge in [-0.15, -0.1) is 0 Å². The Morgan fingerprint density at radius 1 is 1.40 bits per heavy atom. The molecule has 1 aliphatic heterocycles. The second-order valence-corrected chi connectivity index (χ2v) is 5.25. The zero-order chi connectivity index (χ0) is 14.4. The number of ether oxygens (including phenoxy) is 3. The van der Waals surface area contributed by atoms with E-state index in [-0.39, 0.29) is 0 Å². The van der Waals surface area contributed by atoms with Gasteiger partial charge in [-0.1, -0.05) is 13.0 Å². The lowest BCUT2D eigenvalue weighted by Gasteiger charge is -2.24. The predicted octanol–water partition coefficient (Wildman–Crippen LogP) is 2.40. The third-order valence-electron chi connectivity index (χ3n) is 3.74. The largest absolute Gasteiger partial charge is 0.493 e. The molecule has 4 heteroatoms. The van der Waals surface area contributed by atoms with Gasteiger partial charge in [0.25, 0.3) is 0 Å². The number of benzene rings is 1. The Kier molecular flexibility index (Phi) is 5.68. The summed E-state index contributed by atoms with van der Waals surface area (Å²) in [6.07, 6.45) is 1.10. The molecule has 1 aliphatic rings. The molecule has 1 aromatic carbocycles. The van der Waals surface area contributed by atoms with Crippen LogP contribution in [0.1, 0.15) is 18.9 Å². The van der Waals surface area contributed by atoms with Gasteiger partial charge in [-0.2, -0.15) is 0 Å². The first kappa shape index (κ1) is 15.1. The molecule has 0 bridgehead atoms. The molecular weight excluding hydrogens is 254 g/mol. The van der Waals surface area contributed by atoms with E-state index >= 15 is 0 Å². The van der Waals surface area contributed by atoms with Crippen molar-refractivity contribution in [2.45, 2.75) is 26.3 Å². The first-order valence-electron chi connectivity index (χ1n) is 7.33. The van der Waals surface area contributed by atoms with Gasteiger partial charge in [-0.25, -0.2) is 0 Å². The third-order valence-corrected chi connectivity index (χ3v) is 3.74. The standard InChI is InChI=1S/C16H25NO3/c1-4-17-14(13-7-8-19-10-13)11-20-15-6-5-12(2)9-16(15)18-3/h5-6,9,13-14,17H,4,7-8,10-11H2,1-3H3. The summed E-state index contributed by atoms with van der Waals surface area (Å²) in [5.74, 6) is 2.13. The van der Waals surface area contributed by atoms with Crippen LogP contribution < -0.4 is 14.8 Å². The van der Waals surface area contributed by atoms with Crippen molar-refractivity contribution in [2.24, 2.45) is 5.92 Å². The molecule has 0 amide bonds. The van der Waals surface area contributed by atoms with Crippen LogP contribution in [0.3, 0.4) is 0 Å². The maximum absolute atomic E-state index is 5.97. The van der Waals surface area contributed by atoms with Crippen LogP contribution >= 0.6 is 0 Å². The minimum Gasteiger partial charge on any atom is -0.493 e. The zero-order valence-corrected chi connectivity index (χ0v) is 12.6. The molecule has 2 atom stereocenters. The van der Waals surface area contributed by atoms with Crippen LogP contribution in [-0.2, 0) is 4.74 Å². The number of aryl methyl sites for hydroxylation is 1. The Morgan fingerprint density at radius 2 is 2.25 bits per heavy atom. The lowest BCUT2D eigenvalue weighted by Crippen LogP contribution is -2.41. The van der Waals surface area contributed by atoms with E-state index in [0.717, 1.165) is 37.7 Å². The van der Waals surface area contributed by atoms with E-state index in [9.17, 15) is 0 Å². The number of hydrogen-bond donors (Lipinski definition) is 1.